The quantitative estimate of drug-likeness (QED) is 0.589. The normalized spacial score (nSPS) is 8.62. The summed E-state index contributed by atoms with van der Waals surface area (Å²) in [6.45, 7) is 4.18. The molecule has 0 amide bonds. The number of hydrogen-bond acceptors (Lipinski definition) is 0. The predicted octanol–water partition coefficient (Wildman–Crippen LogP) is 4.55. The molecule has 0 radical (unpaired) electrons. The van der Waals surface area contributed by atoms with Gasteiger partial charge in [-0.25, -0.2) is 0 Å². The van der Waals surface area contributed by atoms with E-state index in [0.29, 0.717) is 0 Å². The largest absolute Gasteiger partial charge is 0.0623 e. The van der Waals surface area contributed by atoms with Crippen LogP contribution in [0.3, 0.4) is 0 Å². The summed E-state index contributed by atoms with van der Waals surface area (Å²) in [5, 5.41) is 0. The molecule has 0 aliphatic rings. The lowest BCUT2D eigenvalue weighted by Crippen LogP contribution is -1.62. The van der Waals surface area contributed by atoms with Crippen molar-refractivity contribution < 1.29 is 0 Å². The molecule has 1 aromatic rings. The van der Waals surface area contributed by atoms with Crippen molar-refractivity contribution in [3.8, 4) is 0 Å². The van der Waals surface area contributed by atoms with Crippen LogP contribution in [0.2, 0.25) is 0 Å². The molecule has 0 aliphatic carbocycles. The van der Waals surface area contributed by atoms with Crippen molar-refractivity contribution in [1.82, 2.24) is 0 Å². The number of hydrogen-bond donors (Lipinski definition) is 0. The minimum Gasteiger partial charge on any atom is -0.0623 e. The maximum Gasteiger partial charge on any atom is -0.0398 e. The van der Waals surface area contributed by atoms with E-state index in [1.807, 2.05) is 36.4 Å². The van der Waals surface area contributed by atoms with Gasteiger partial charge in [-0.05, 0) is 13.8 Å². The van der Waals surface area contributed by atoms with Crippen LogP contribution in [0.5, 0.6) is 0 Å². The molecule has 0 spiro atoms. The fourth-order valence-corrected chi connectivity index (χ4v) is 1.20. The molecule has 0 fully saturated rings. The number of aryl methyl sites for hydroxylation is 2. The second-order valence-corrected chi connectivity index (χ2v) is 3.69. The Morgan fingerprint density at radius 1 is 0.438 bits per heavy atom. The Labute approximate surface area is 98.2 Å². The van der Waals surface area contributed by atoms with Gasteiger partial charge in [-0.15, -0.1) is 0 Å². The summed E-state index contributed by atoms with van der Waals surface area (Å²) in [4.78, 5) is 0. The van der Waals surface area contributed by atoms with Crippen molar-refractivity contribution in [1.29, 1.82) is 0 Å². The van der Waals surface area contributed by atoms with Crippen LogP contribution in [0.25, 0.3) is 0 Å². The maximum atomic E-state index is 2.10. The molecule has 0 unspecified atom stereocenters. The fraction of sp³-hybridized carbons (Fsp3) is 0.125. The third-order valence-electron chi connectivity index (χ3n) is 2.10. The van der Waals surface area contributed by atoms with Gasteiger partial charge >= 0.3 is 0 Å². The van der Waals surface area contributed by atoms with Crippen molar-refractivity contribution in [2.45, 2.75) is 13.8 Å². The molecule has 1 rings (SSSR count). The molecule has 0 atom stereocenters. The monoisotopic (exact) mass is 210 g/mol. The molecule has 82 valence electrons. The molecule has 16 heavy (non-hydrogen) atoms. The van der Waals surface area contributed by atoms with E-state index >= 15 is 0 Å². The second-order valence-electron chi connectivity index (χ2n) is 3.69. The van der Waals surface area contributed by atoms with Gasteiger partial charge in [-0.1, -0.05) is 83.9 Å². The Balaban J connectivity index is 3.21. The smallest absolute Gasteiger partial charge is 0.0398 e. The van der Waals surface area contributed by atoms with E-state index in [2.05, 4.69) is 50.2 Å². The minimum absolute atomic E-state index is 1.24. The molecular formula is C16H18. The zero-order chi connectivity index (χ0) is 11.6. The highest BCUT2D eigenvalue weighted by Crippen LogP contribution is 1.92. The van der Waals surface area contributed by atoms with E-state index < -0.39 is 0 Å². The molecule has 0 N–H and O–H groups in total. The van der Waals surface area contributed by atoms with Crippen molar-refractivity contribution in [2.75, 3.05) is 0 Å². The molecule has 0 heteroatoms. The first-order chi connectivity index (χ1) is 7.79. The van der Waals surface area contributed by atoms with Crippen LogP contribution in [0.4, 0.5) is 0 Å². The highest BCUT2D eigenvalue weighted by molar-refractivity contribution is 5.12. The molecule has 0 saturated carbocycles. The van der Waals surface area contributed by atoms with Crippen LogP contribution < -0.4 is 0 Å². The van der Waals surface area contributed by atoms with Crippen molar-refractivity contribution >= 4 is 0 Å². The first kappa shape index (κ1) is 12.3. The lowest BCUT2D eigenvalue weighted by atomic mass is 10.2. The first-order valence-corrected chi connectivity index (χ1v) is 5.49. The van der Waals surface area contributed by atoms with E-state index in [0.717, 1.165) is 0 Å². The maximum absolute atomic E-state index is 2.10. The van der Waals surface area contributed by atoms with Gasteiger partial charge < -0.3 is 0 Å². The third-order valence-corrected chi connectivity index (χ3v) is 2.10. The van der Waals surface area contributed by atoms with Crippen LogP contribution in [0, 0.1) is 13.8 Å². The summed E-state index contributed by atoms with van der Waals surface area (Å²) in [6, 6.07) is 24.7. The van der Waals surface area contributed by atoms with Crippen LogP contribution in [0.1, 0.15) is 11.1 Å². The van der Waals surface area contributed by atoms with Crippen molar-refractivity contribution in [2.24, 2.45) is 0 Å². The zero-order valence-corrected chi connectivity index (χ0v) is 9.93. The molecule has 0 heterocycles. The van der Waals surface area contributed by atoms with Gasteiger partial charge in [-0.2, -0.15) is 0 Å². The summed E-state index contributed by atoms with van der Waals surface area (Å²) in [7, 11) is 0. The Hall–Kier alpha value is -1.82. The van der Waals surface area contributed by atoms with Gasteiger partial charge in [0, 0.05) is 0 Å². The zero-order valence-electron chi connectivity index (χ0n) is 9.93. The molecular weight excluding hydrogens is 192 g/mol. The standard InChI is InChI=1S/C16H18/c1-15-11-7-5-3-4-6-8-12-16(2)14-10-9-13-15/h3-14H,1-2H3. The summed E-state index contributed by atoms with van der Waals surface area (Å²) < 4.78 is 0. The van der Waals surface area contributed by atoms with E-state index in [1.165, 1.54) is 11.1 Å². The first-order valence-electron chi connectivity index (χ1n) is 5.49. The molecule has 0 bridgehead atoms. The summed E-state index contributed by atoms with van der Waals surface area (Å²) >= 11 is 0. The van der Waals surface area contributed by atoms with Crippen LogP contribution in [-0.4, -0.2) is 0 Å². The average molecular weight is 210 g/mol. The number of rotatable bonds is 0. The van der Waals surface area contributed by atoms with Crippen LogP contribution in [0.15, 0.2) is 72.8 Å². The van der Waals surface area contributed by atoms with Crippen molar-refractivity contribution in [3.63, 3.8) is 0 Å². The van der Waals surface area contributed by atoms with Gasteiger partial charge in [0.15, 0.2) is 0 Å². The van der Waals surface area contributed by atoms with Crippen molar-refractivity contribution in [3.05, 3.63) is 83.9 Å². The fourth-order valence-electron chi connectivity index (χ4n) is 1.20. The van der Waals surface area contributed by atoms with Crippen LogP contribution >= 0.6 is 0 Å². The van der Waals surface area contributed by atoms with Gasteiger partial charge in [-0.3, -0.25) is 0 Å². The Morgan fingerprint density at radius 2 is 0.688 bits per heavy atom. The van der Waals surface area contributed by atoms with E-state index in [-0.39, 0.29) is 0 Å². The highest BCUT2D eigenvalue weighted by Gasteiger charge is 1.72. The lowest BCUT2D eigenvalue weighted by molar-refractivity contribution is 1.48. The molecule has 0 nitrogen and oxygen atoms in total. The van der Waals surface area contributed by atoms with Gasteiger partial charge in [0.05, 0.1) is 0 Å². The Bertz CT molecular complexity index is 388. The SMILES string of the molecule is Cc1ccccccccc(C)cccc1. The van der Waals surface area contributed by atoms with E-state index in [9.17, 15) is 0 Å². The molecule has 1 aromatic carbocycles. The predicted molar refractivity (Wildman–Crippen MR) is 71.2 cm³/mol. The van der Waals surface area contributed by atoms with E-state index in [1.54, 1.807) is 0 Å². The minimum atomic E-state index is 1.24. The van der Waals surface area contributed by atoms with E-state index in [4.69, 9.17) is 0 Å². The summed E-state index contributed by atoms with van der Waals surface area (Å²) in [5.41, 5.74) is 2.48. The third kappa shape index (κ3) is 5.82. The summed E-state index contributed by atoms with van der Waals surface area (Å²) in [6.07, 6.45) is 0. The van der Waals surface area contributed by atoms with Gasteiger partial charge in [0.1, 0.15) is 0 Å². The Kier molecular flexibility index (Phi) is 5.72. The van der Waals surface area contributed by atoms with Crippen LogP contribution in [-0.2, 0) is 0 Å². The summed E-state index contributed by atoms with van der Waals surface area (Å²) in [5.74, 6) is 0. The average Bonchev–Trinajstić information content (AvgIpc) is 2.27. The molecule has 0 saturated heterocycles. The van der Waals surface area contributed by atoms with Gasteiger partial charge in [0.2, 0.25) is 0 Å². The lowest BCUT2D eigenvalue weighted by Gasteiger charge is -1.82. The Morgan fingerprint density at radius 3 is 1.06 bits per heavy atom. The van der Waals surface area contributed by atoms with Gasteiger partial charge in [0.25, 0.3) is 0 Å². The molecule has 0 aliphatic heterocycles. The highest BCUT2D eigenvalue weighted by atomic mass is 13.8. The molecule has 0 aromatic heterocycles. The second kappa shape index (κ2) is 7.47. The topological polar surface area (TPSA) is 0 Å².